The van der Waals surface area contributed by atoms with Crippen LogP contribution in [0.5, 0.6) is 5.75 Å². The summed E-state index contributed by atoms with van der Waals surface area (Å²) in [5.41, 5.74) is 4.21. The van der Waals surface area contributed by atoms with Gasteiger partial charge in [0.2, 0.25) is 0 Å². The van der Waals surface area contributed by atoms with Crippen LogP contribution in [0.15, 0.2) is 36.9 Å². The molecule has 1 aromatic carbocycles. The van der Waals surface area contributed by atoms with Crippen LogP contribution < -0.4 is 10.5 Å². The number of hydrogen-bond acceptors (Lipinski definition) is 6. The molecule has 0 saturated heterocycles. The van der Waals surface area contributed by atoms with Crippen LogP contribution >= 0.6 is 0 Å². The maximum absolute atomic E-state index is 12.9. The number of hydrogen-bond donors (Lipinski definition) is 1. The lowest BCUT2D eigenvalue weighted by molar-refractivity contribution is -0.168. The van der Waals surface area contributed by atoms with Gasteiger partial charge in [-0.3, -0.25) is 9.59 Å². The Morgan fingerprint density at radius 3 is 2.60 bits per heavy atom. The molecule has 0 bridgehead atoms. The molecule has 1 aliphatic rings. The fourth-order valence-corrected chi connectivity index (χ4v) is 2.87. The molecule has 0 radical (unpaired) electrons. The molecule has 2 N–H and O–H groups in total. The van der Waals surface area contributed by atoms with Gasteiger partial charge in [0, 0.05) is 6.42 Å². The van der Waals surface area contributed by atoms with E-state index in [0.717, 1.165) is 12.1 Å². The van der Waals surface area contributed by atoms with Crippen molar-refractivity contribution in [1.82, 2.24) is 0 Å². The number of ether oxygens (including phenoxy) is 2. The average Bonchev–Trinajstić information content (AvgIpc) is 2.61. The summed E-state index contributed by atoms with van der Waals surface area (Å²) in [5, 5.41) is 0. The lowest BCUT2D eigenvalue weighted by Crippen LogP contribution is -2.59. The highest BCUT2D eigenvalue weighted by atomic mass is 19.1. The molecule has 1 aromatic rings. The van der Waals surface area contributed by atoms with Crippen molar-refractivity contribution in [3.8, 4) is 5.75 Å². The molecule has 2 rings (SSSR count). The molecule has 0 spiro atoms. The molecule has 25 heavy (non-hydrogen) atoms. The zero-order valence-electron chi connectivity index (χ0n) is 13.7. The number of esters is 2. The van der Waals surface area contributed by atoms with Crippen LogP contribution in [-0.2, 0) is 19.1 Å². The number of halogens is 1. The number of nitrogens with two attached hydrogens (primary N) is 1. The van der Waals surface area contributed by atoms with E-state index in [0.29, 0.717) is 12.8 Å². The molecule has 7 heteroatoms. The summed E-state index contributed by atoms with van der Waals surface area (Å²) in [6.07, 6.45) is 2.80. The van der Waals surface area contributed by atoms with Crippen LogP contribution in [0.3, 0.4) is 0 Å². The number of carbonyl (C=O) groups excluding carboxylic acids is 3. The third-order valence-corrected chi connectivity index (χ3v) is 4.24. The van der Waals surface area contributed by atoms with Gasteiger partial charge < -0.3 is 15.2 Å². The number of ketones is 1. The van der Waals surface area contributed by atoms with Gasteiger partial charge in [-0.05, 0) is 37.1 Å². The molecule has 134 valence electrons. The molecule has 1 aliphatic carbocycles. The Hall–Kier alpha value is -2.54. The molecule has 0 aromatic heterocycles. The van der Waals surface area contributed by atoms with Crippen molar-refractivity contribution in [1.29, 1.82) is 0 Å². The Morgan fingerprint density at radius 1 is 1.32 bits per heavy atom. The van der Waals surface area contributed by atoms with E-state index in [1.807, 2.05) is 0 Å². The highest BCUT2D eigenvalue weighted by Gasteiger charge is 2.55. The normalized spacial score (nSPS) is 21.3. The quantitative estimate of drug-likeness (QED) is 0.365. The molecule has 0 amide bonds. The van der Waals surface area contributed by atoms with Crippen molar-refractivity contribution in [2.45, 2.75) is 31.7 Å². The predicted octanol–water partition coefficient (Wildman–Crippen LogP) is 1.92. The standard InChI is InChI=1S/C18H20FNO5/c1-2-11-24-17(23)18(10-4-3-5-14(18)21)15(20)16(22)25-13-8-6-12(19)7-9-13/h2,6-9,15H,1,3-5,10-11,20H2. The molecule has 0 aliphatic heterocycles. The molecule has 6 nitrogen and oxygen atoms in total. The second-order valence-electron chi connectivity index (χ2n) is 5.84. The largest absolute Gasteiger partial charge is 0.461 e. The van der Waals surface area contributed by atoms with E-state index in [1.54, 1.807) is 0 Å². The topological polar surface area (TPSA) is 95.7 Å². The van der Waals surface area contributed by atoms with Crippen LogP contribution in [-0.4, -0.2) is 30.4 Å². The van der Waals surface area contributed by atoms with Gasteiger partial charge in [-0.15, -0.1) is 0 Å². The minimum Gasteiger partial charge on any atom is -0.461 e. The van der Waals surface area contributed by atoms with Crippen molar-refractivity contribution in [2.24, 2.45) is 11.1 Å². The lowest BCUT2D eigenvalue weighted by Gasteiger charge is -2.36. The zero-order chi connectivity index (χ0) is 18.4. The summed E-state index contributed by atoms with van der Waals surface area (Å²) in [6.45, 7) is 3.36. The van der Waals surface area contributed by atoms with E-state index >= 15 is 0 Å². The minimum absolute atomic E-state index is 0.0692. The van der Waals surface area contributed by atoms with Gasteiger partial charge in [0.15, 0.2) is 11.2 Å². The van der Waals surface area contributed by atoms with Crippen molar-refractivity contribution < 1.29 is 28.2 Å². The first kappa shape index (κ1) is 18.8. The van der Waals surface area contributed by atoms with Gasteiger partial charge in [-0.1, -0.05) is 19.1 Å². The summed E-state index contributed by atoms with van der Waals surface area (Å²) in [6, 6.07) is 3.24. The number of Topliss-reactive ketones (excluding diaryl/α,β-unsaturated/α-hetero) is 1. The van der Waals surface area contributed by atoms with Crippen LogP contribution in [0.2, 0.25) is 0 Å². The van der Waals surface area contributed by atoms with Crippen LogP contribution in [0.25, 0.3) is 0 Å². The fourth-order valence-electron chi connectivity index (χ4n) is 2.87. The van der Waals surface area contributed by atoms with E-state index in [4.69, 9.17) is 15.2 Å². The minimum atomic E-state index is -1.77. The van der Waals surface area contributed by atoms with Crippen molar-refractivity contribution in [3.05, 3.63) is 42.7 Å². The molecular weight excluding hydrogens is 329 g/mol. The Balaban J connectivity index is 2.24. The van der Waals surface area contributed by atoms with Gasteiger partial charge in [0.1, 0.15) is 24.2 Å². The summed E-state index contributed by atoms with van der Waals surface area (Å²) in [5.74, 6) is -2.65. The van der Waals surface area contributed by atoms with E-state index < -0.39 is 35.0 Å². The monoisotopic (exact) mass is 349 g/mol. The summed E-state index contributed by atoms with van der Waals surface area (Å²) < 4.78 is 23.1. The third-order valence-electron chi connectivity index (χ3n) is 4.24. The van der Waals surface area contributed by atoms with Crippen LogP contribution in [0, 0.1) is 11.2 Å². The Labute approximate surface area is 144 Å². The lowest BCUT2D eigenvalue weighted by atomic mass is 9.68. The maximum atomic E-state index is 12.9. The summed E-state index contributed by atoms with van der Waals surface area (Å²) in [7, 11) is 0. The van der Waals surface area contributed by atoms with Crippen LogP contribution in [0.4, 0.5) is 4.39 Å². The predicted molar refractivity (Wildman–Crippen MR) is 87.1 cm³/mol. The van der Waals surface area contributed by atoms with E-state index in [2.05, 4.69) is 6.58 Å². The van der Waals surface area contributed by atoms with E-state index in [-0.39, 0.29) is 25.2 Å². The summed E-state index contributed by atoms with van der Waals surface area (Å²) >= 11 is 0. The number of rotatable bonds is 6. The van der Waals surface area contributed by atoms with Gasteiger partial charge in [0.25, 0.3) is 0 Å². The number of carbonyl (C=O) groups is 3. The molecule has 2 unspecified atom stereocenters. The Kier molecular flexibility index (Phi) is 6.03. The molecule has 1 saturated carbocycles. The molecule has 2 atom stereocenters. The highest BCUT2D eigenvalue weighted by molar-refractivity contribution is 6.09. The smallest absolute Gasteiger partial charge is 0.329 e. The van der Waals surface area contributed by atoms with Gasteiger partial charge in [0.05, 0.1) is 0 Å². The van der Waals surface area contributed by atoms with E-state index in [1.165, 1.54) is 18.2 Å². The van der Waals surface area contributed by atoms with Crippen molar-refractivity contribution in [3.63, 3.8) is 0 Å². The molecular formula is C18H20FNO5. The first-order valence-electron chi connectivity index (χ1n) is 7.96. The van der Waals surface area contributed by atoms with Gasteiger partial charge in [-0.25, -0.2) is 9.18 Å². The Morgan fingerprint density at radius 2 is 2.00 bits per heavy atom. The number of benzene rings is 1. The fraction of sp³-hybridized carbons (Fsp3) is 0.389. The SMILES string of the molecule is C=CCOC(=O)C1(C(N)C(=O)Oc2ccc(F)cc2)CCCCC1=O. The summed E-state index contributed by atoms with van der Waals surface area (Å²) in [4.78, 5) is 37.4. The Bertz CT molecular complexity index is 673. The first-order chi connectivity index (χ1) is 11.9. The third kappa shape index (κ3) is 3.93. The second-order valence-corrected chi connectivity index (χ2v) is 5.84. The molecule has 0 heterocycles. The first-order valence-corrected chi connectivity index (χ1v) is 7.96. The highest BCUT2D eigenvalue weighted by Crippen LogP contribution is 2.37. The molecule has 1 fully saturated rings. The maximum Gasteiger partial charge on any atom is 0.329 e. The zero-order valence-corrected chi connectivity index (χ0v) is 13.7. The van der Waals surface area contributed by atoms with Crippen LogP contribution in [0.1, 0.15) is 25.7 Å². The van der Waals surface area contributed by atoms with Crippen molar-refractivity contribution >= 4 is 17.7 Å². The van der Waals surface area contributed by atoms with Crippen molar-refractivity contribution in [2.75, 3.05) is 6.61 Å². The van der Waals surface area contributed by atoms with E-state index in [9.17, 15) is 18.8 Å². The second kappa shape index (κ2) is 8.02. The van der Waals surface area contributed by atoms with Gasteiger partial charge >= 0.3 is 11.9 Å². The average molecular weight is 349 g/mol. The van der Waals surface area contributed by atoms with Gasteiger partial charge in [-0.2, -0.15) is 0 Å².